The molecule has 10 heteroatoms. The number of ether oxygens (including phenoxy) is 2. The van der Waals surface area contributed by atoms with E-state index in [1.165, 1.54) is 0 Å². The second-order valence-corrected chi connectivity index (χ2v) is 14.5. The molecule has 46 heavy (non-hydrogen) atoms. The summed E-state index contributed by atoms with van der Waals surface area (Å²) in [5.41, 5.74) is -1.80. The number of ketones is 2. The van der Waals surface area contributed by atoms with Gasteiger partial charge >= 0.3 is 5.97 Å². The number of epoxide rings is 1. The van der Waals surface area contributed by atoms with Crippen molar-refractivity contribution < 1.29 is 29.0 Å². The molecule has 0 aromatic carbocycles. The first-order valence-electron chi connectivity index (χ1n) is 18.0. The van der Waals surface area contributed by atoms with Gasteiger partial charge in [0.1, 0.15) is 0 Å². The van der Waals surface area contributed by atoms with Crippen LogP contribution in [-0.2, 0) is 23.9 Å². The topological polar surface area (TPSA) is 141 Å². The third kappa shape index (κ3) is 6.94. The van der Waals surface area contributed by atoms with E-state index in [2.05, 4.69) is 47.3 Å². The SMILES string of the molecule is CCNC1C=CC(CC)CC1COC(=O)C12OC1(CC(CO)=C(C)CCC1CCNC(NCNC)C1)C(=O)C1CCCCC1C2=O. The van der Waals surface area contributed by atoms with Gasteiger partial charge in [-0.3, -0.25) is 14.9 Å². The molecule has 258 valence electrons. The summed E-state index contributed by atoms with van der Waals surface area (Å²) in [5.74, 6) is -1.10. The fourth-order valence-corrected chi connectivity index (χ4v) is 8.74. The Labute approximate surface area is 275 Å². The Balaban J connectivity index is 1.33. The van der Waals surface area contributed by atoms with Crippen molar-refractivity contribution in [1.82, 2.24) is 21.3 Å². The van der Waals surface area contributed by atoms with Crippen LogP contribution < -0.4 is 21.3 Å². The van der Waals surface area contributed by atoms with E-state index >= 15 is 0 Å². The number of rotatable bonds is 15. The molecule has 10 nitrogen and oxygen atoms in total. The van der Waals surface area contributed by atoms with Crippen molar-refractivity contribution in [1.29, 1.82) is 0 Å². The summed E-state index contributed by atoms with van der Waals surface area (Å²) in [5, 5.41) is 24.2. The van der Waals surface area contributed by atoms with Crippen LogP contribution in [0.4, 0.5) is 0 Å². The second-order valence-electron chi connectivity index (χ2n) is 14.5. The number of nitrogens with one attached hydrogen (secondary N) is 4. The fourth-order valence-electron chi connectivity index (χ4n) is 8.74. The molecule has 5 rings (SSSR count). The zero-order valence-electron chi connectivity index (χ0n) is 28.5. The number of Topliss-reactive ketones (excluding diaryl/α,β-unsaturated/α-hetero) is 2. The molecule has 2 saturated carbocycles. The molecule has 0 amide bonds. The van der Waals surface area contributed by atoms with Gasteiger partial charge in [0.15, 0.2) is 17.2 Å². The van der Waals surface area contributed by atoms with Gasteiger partial charge in [-0.2, -0.15) is 0 Å². The molecule has 5 N–H and O–H groups in total. The van der Waals surface area contributed by atoms with Crippen molar-refractivity contribution in [3.8, 4) is 0 Å². The lowest BCUT2D eigenvalue weighted by atomic mass is 9.60. The van der Waals surface area contributed by atoms with Gasteiger partial charge in [-0.1, -0.05) is 44.4 Å². The highest BCUT2D eigenvalue weighted by atomic mass is 16.7. The van der Waals surface area contributed by atoms with Gasteiger partial charge in [0.25, 0.3) is 5.60 Å². The van der Waals surface area contributed by atoms with E-state index in [0.29, 0.717) is 30.3 Å². The van der Waals surface area contributed by atoms with Gasteiger partial charge in [0, 0.05) is 36.9 Å². The Kier molecular flexibility index (Phi) is 11.9. The number of piperidine rings is 1. The lowest BCUT2D eigenvalue weighted by Crippen LogP contribution is -2.58. The van der Waals surface area contributed by atoms with E-state index in [0.717, 1.165) is 76.7 Å². The standard InChI is InChI=1S/C36H58N4O6/c1-5-24-13-14-30(38-6-2)26(17-24)21-45-34(44)36-33(43)29-10-8-7-9-28(29)32(42)35(36,46-36)19-27(20-41)23(3)11-12-25-15-16-39-31(18-25)40-22-37-4/h13-14,24-26,28-31,37-41H,5-12,15-22H2,1-4H3. The summed E-state index contributed by atoms with van der Waals surface area (Å²) in [4.78, 5) is 42.6. The molecule has 9 atom stereocenters. The van der Waals surface area contributed by atoms with Crippen LogP contribution in [-0.4, -0.2) is 86.1 Å². The number of hydrogen-bond acceptors (Lipinski definition) is 10. The van der Waals surface area contributed by atoms with Crippen LogP contribution in [0.1, 0.15) is 91.4 Å². The van der Waals surface area contributed by atoms with E-state index in [4.69, 9.17) is 9.47 Å². The van der Waals surface area contributed by atoms with Crippen LogP contribution in [0.2, 0.25) is 0 Å². The number of allylic oxidation sites excluding steroid dienone is 2. The third-order valence-electron chi connectivity index (χ3n) is 11.6. The van der Waals surface area contributed by atoms with Gasteiger partial charge in [0.05, 0.1) is 19.4 Å². The molecule has 0 aromatic heterocycles. The summed E-state index contributed by atoms with van der Waals surface area (Å²) in [6, 6.07) is 0.0790. The predicted octanol–water partition coefficient (Wildman–Crippen LogP) is 3.15. The van der Waals surface area contributed by atoms with Crippen LogP contribution in [0, 0.1) is 29.6 Å². The molecular formula is C36H58N4O6. The average Bonchev–Trinajstić information content (AvgIpc) is 3.79. The van der Waals surface area contributed by atoms with Gasteiger partial charge < -0.3 is 30.5 Å². The number of carbonyl (C=O) groups is 3. The molecular weight excluding hydrogens is 584 g/mol. The Hall–Kier alpha value is -1.95. The third-order valence-corrected chi connectivity index (χ3v) is 11.6. The van der Waals surface area contributed by atoms with E-state index < -0.39 is 29.0 Å². The number of fused-ring (bicyclic) bond motifs is 2. The van der Waals surface area contributed by atoms with Crippen molar-refractivity contribution in [2.75, 3.05) is 40.0 Å². The lowest BCUT2D eigenvalue weighted by molar-refractivity contribution is -0.160. The smallest absolute Gasteiger partial charge is 0.350 e. The lowest BCUT2D eigenvalue weighted by Gasteiger charge is -2.37. The number of aliphatic hydroxyl groups excluding tert-OH is 1. The molecule has 0 bridgehead atoms. The van der Waals surface area contributed by atoms with Crippen molar-refractivity contribution >= 4 is 17.5 Å². The highest BCUT2D eigenvalue weighted by molar-refractivity contribution is 6.23. The van der Waals surface area contributed by atoms with Crippen LogP contribution in [0.3, 0.4) is 0 Å². The van der Waals surface area contributed by atoms with E-state index in [1.807, 2.05) is 14.0 Å². The summed E-state index contributed by atoms with van der Waals surface area (Å²) in [6.45, 7) is 8.63. The number of carbonyl (C=O) groups excluding carboxylic acids is 3. The average molecular weight is 643 g/mol. The maximum Gasteiger partial charge on any atom is 0.350 e. The molecule has 0 aromatic rings. The first kappa shape index (κ1) is 35.4. The molecule has 9 unspecified atom stereocenters. The van der Waals surface area contributed by atoms with Crippen molar-refractivity contribution in [2.24, 2.45) is 29.6 Å². The minimum absolute atomic E-state index is 0.0564. The highest BCUT2D eigenvalue weighted by Gasteiger charge is 2.87. The molecule has 0 radical (unpaired) electrons. The molecule has 4 fully saturated rings. The van der Waals surface area contributed by atoms with Crippen LogP contribution in [0.25, 0.3) is 0 Å². The number of esters is 1. The monoisotopic (exact) mass is 642 g/mol. The largest absolute Gasteiger partial charge is 0.463 e. The van der Waals surface area contributed by atoms with Gasteiger partial charge in [-0.05, 0) is 95.8 Å². The van der Waals surface area contributed by atoms with Gasteiger partial charge in [-0.25, -0.2) is 4.79 Å². The summed E-state index contributed by atoms with van der Waals surface area (Å²) in [6.07, 6.45) is 13.4. The van der Waals surface area contributed by atoms with E-state index in [9.17, 15) is 19.5 Å². The molecule has 2 heterocycles. The molecule has 2 saturated heterocycles. The Bertz CT molecular complexity index is 1170. The summed E-state index contributed by atoms with van der Waals surface area (Å²) >= 11 is 0. The number of hydrogen-bond donors (Lipinski definition) is 5. The quantitative estimate of drug-likeness (QED) is 0.0595. The first-order chi connectivity index (χ1) is 22.2. The molecule has 5 aliphatic rings. The molecule has 3 aliphatic carbocycles. The normalized spacial score (nSPS) is 37.7. The van der Waals surface area contributed by atoms with Crippen LogP contribution >= 0.6 is 0 Å². The summed E-state index contributed by atoms with van der Waals surface area (Å²) in [7, 11) is 1.92. The first-order valence-corrected chi connectivity index (χ1v) is 18.0. The minimum atomic E-state index is -1.91. The fraction of sp³-hybridized carbons (Fsp3) is 0.806. The van der Waals surface area contributed by atoms with Gasteiger partial charge in [0.2, 0.25) is 0 Å². The number of aliphatic hydroxyl groups is 1. The van der Waals surface area contributed by atoms with Crippen molar-refractivity contribution in [3.05, 3.63) is 23.3 Å². The zero-order valence-corrected chi connectivity index (χ0v) is 28.5. The van der Waals surface area contributed by atoms with Crippen LogP contribution in [0.5, 0.6) is 0 Å². The predicted molar refractivity (Wildman–Crippen MR) is 177 cm³/mol. The Morgan fingerprint density at radius 1 is 1.09 bits per heavy atom. The van der Waals surface area contributed by atoms with Crippen molar-refractivity contribution in [2.45, 2.75) is 115 Å². The van der Waals surface area contributed by atoms with E-state index in [-0.39, 0.29) is 49.3 Å². The van der Waals surface area contributed by atoms with Gasteiger partial charge in [-0.15, -0.1) is 0 Å². The van der Waals surface area contributed by atoms with Crippen molar-refractivity contribution in [3.63, 3.8) is 0 Å². The Morgan fingerprint density at radius 2 is 1.85 bits per heavy atom. The zero-order chi connectivity index (χ0) is 32.9. The van der Waals surface area contributed by atoms with Crippen LogP contribution in [0.15, 0.2) is 23.3 Å². The second kappa shape index (κ2) is 15.5. The molecule has 0 spiro atoms. The highest BCUT2D eigenvalue weighted by Crippen LogP contribution is 2.62. The maximum absolute atomic E-state index is 14.3. The maximum atomic E-state index is 14.3. The van der Waals surface area contributed by atoms with E-state index in [1.54, 1.807) is 0 Å². The minimum Gasteiger partial charge on any atom is -0.463 e. The molecule has 2 aliphatic heterocycles. The Morgan fingerprint density at radius 3 is 2.54 bits per heavy atom. The number of likely N-dealkylation sites (N-methyl/N-ethyl adjacent to an activating group) is 1. The summed E-state index contributed by atoms with van der Waals surface area (Å²) < 4.78 is 12.2.